The number of hydrogen-bond acceptors (Lipinski definition) is 3. The predicted molar refractivity (Wildman–Crippen MR) is 98.9 cm³/mol. The van der Waals surface area contributed by atoms with E-state index in [4.69, 9.17) is 0 Å². The normalized spacial score (nSPS) is 10.4. The third kappa shape index (κ3) is 5.67. The molecule has 122 valence electrons. The van der Waals surface area contributed by atoms with Crippen LogP contribution in [0.3, 0.4) is 0 Å². The lowest BCUT2D eigenvalue weighted by Crippen LogP contribution is -2.19. The molecule has 1 aromatic carbocycles. The summed E-state index contributed by atoms with van der Waals surface area (Å²) in [5.74, 6) is 0.514. The second-order valence-corrected chi connectivity index (χ2v) is 6.45. The zero-order valence-electron chi connectivity index (χ0n) is 13.6. The lowest BCUT2D eigenvalue weighted by Gasteiger charge is -2.18. The molecule has 0 bridgehead atoms. The summed E-state index contributed by atoms with van der Waals surface area (Å²) in [6, 6.07) is 11.6. The molecule has 0 saturated heterocycles. The second kappa shape index (κ2) is 8.67. The molecule has 23 heavy (non-hydrogen) atoms. The van der Waals surface area contributed by atoms with Gasteiger partial charge in [0, 0.05) is 18.1 Å². The average molecular weight is 376 g/mol. The SMILES string of the molecule is CCCCN(C)c1ccc(NC(=O)Cc2cccc(Br)c2)nc1. The number of benzene rings is 1. The maximum absolute atomic E-state index is 12.1. The molecule has 0 fully saturated rings. The van der Waals surface area contributed by atoms with Crippen LogP contribution in [0.2, 0.25) is 0 Å². The van der Waals surface area contributed by atoms with E-state index in [1.165, 1.54) is 6.42 Å². The van der Waals surface area contributed by atoms with Gasteiger partial charge in [-0.05, 0) is 36.2 Å². The first-order valence-electron chi connectivity index (χ1n) is 7.80. The van der Waals surface area contributed by atoms with Crippen molar-refractivity contribution < 1.29 is 4.79 Å². The molecule has 4 nitrogen and oxygen atoms in total. The molecule has 2 aromatic rings. The van der Waals surface area contributed by atoms with Crippen molar-refractivity contribution in [3.63, 3.8) is 0 Å². The Morgan fingerprint density at radius 3 is 2.78 bits per heavy atom. The molecule has 5 heteroatoms. The van der Waals surface area contributed by atoms with Gasteiger partial charge in [-0.1, -0.05) is 41.4 Å². The first-order valence-corrected chi connectivity index (χ1v) is 8.59. The molecule has 0 aliphatic heterocycles. The molecule has 0 saturated carbocycles. The van der Waals surface area contributed by atoms with Crippen LogP contribution in [0, 0.1) is 0 Å². The highest BCUT2D eigenvalue weighted by atomic mass is 79.9. The highest BCUT2D eigenvalue weighted by Gasteiger charge is 2.06. The number of carbonyl (C=O) groups is 1. The minimum Gasteiger partial charge on any atom is -0.373 e. The molecule has 1 aromatic heterocycles. The summed E-state index contributed by atoms with van der Waals surface area (Å²) >= 11 is 3.41. The van der Waals surface area contributed by atoms with Gasteiger partial charge in [0.15, 0.2) is 0 Å². The monoisotopic (exact) mass is 375 g/mol. The Morgan fingerprint density at radius 1 is 1.30 bits per heavy atom. The molecule has 0 spiro atoms. The Morgan fingerprint density at radius 2 is 2.13 bits per heavy atom. The van der Waals surface area contributed by atoms with Gasteiger partial charge in [-0.2, -0.15) is 0 Å². The maximum atomic E-state index is 12.1. The molecule has 0 aliphatic rings. The molecular weight excluding hydrogens is 354 g/mol. The highest BCUT2D eigenvalue weighted by Crippen LogP contribution is 2.15. The molecule has 1 amide bonds. The van der Waals surface area contributed by atoms with E-state index in [1.54, 1.807) is 6.20 Å². The maximum Gasteiger partial charge on any atom is 0.229 e. The van der Waals surface area contributed by atoms with E-state index in [2.05, 4.69) is 45.1 Å². The van der Waals surface area contributed by atoms with Gasteiger partial charge < -0.3 is 10.2 Å². The Balaban J connectivity index is 1.91. The zero-order chi connectivity index (χ0) is 16.7. The number of nitrogens with one attached hydrogen (secondary N) is 1. The Bertz CT molecular complexity index is 643. The highest BCUT2D eigenvalue weighted by molar-refractivity contribution is 9.10. The lowest BCUT2D eigenvalue weighted by molar-refractivity contribution is -0.115. The van der Waals surface area contributed by atoms with Crippen LogP contribution >= 0.6 is 15.9 Å². The van der Waals surface area contributed by atoms with Gasteiger partial charge in [-0.15, -0.1) is 0 Å². The summed E-state index contributed by atoms with van der Waals surface area (Å²) in [6.45, 7) is 3.18. The lowest BCUT2D eigenvalue weighted by atomic mass is 10.1. The van der Waals surface area contributed by atoms with E-state index in [-0.39, 0.29) is 5.91 Å². The third-order valence-corrected chi connectivity index (χ3v) is 4.05. The van der Waals surface area contributed by atoms with Crippen LogP contribution in [-0.2, 0) is 11.2 Å². The van der Waals surface area contributed by atoms with Gasteiger partial charge in [0.1, 0.15) is 5.82 Å². The predicted octanol–water partition coefficient (Wildman–Crippen LogP) is 4.26. The van der Waals surface area contributed by atoms with Crippen LogP contribution in [0.15, 0.2) is 47.1 Å². The minimum atomic E-state index is -0.0670. The van der Waals surface area contributed by atoms with Crippen molar-refractivity contribution in [2.45, 2.75) is 26.2 Å². The first kappa shape index (κ1) is 17.5. The fraction of sp³-hybridized carbons (Fsp3) is 0.333. The number of rotatable bonds is 7. The van der Waals surface area contributed by atoms with Gasteiger partial charge in [0.05, 0.1) is 18.3 Å². The summed E-state index contributed by atoms with van der Waals surface area (Å²) in [5.41, 5.74) is 2.02. The van der Waals surface area contributed by atoms with Crippen LogP contribution < -0.4 is 10.2 Å². The van der Waals surface area contributed by atoms with Crippen molar-refractivity contribution in [1.29, 1.82) is 0 Å². The smallest absolute Gasteiger partial charge is 0.229 e. The number of amides is 1. The quantitative estimate of drug-likeness (QED) is 0.785. The number of aromatic nitrogens is 1. The van der Waals surface area contributed by atoms with E-state index in [0.29, 0.717) is 12.2 Å². The molecule has 1 heterocycles. The van der Waals surface area contributed by atoms with Crippen molar-refractivity contribution in [2.75, 3.05) is 23.8 Å². The number of pyridine rings is 1. The zero-order valence-corrected chi connectivity index (χ0v) is 15.1. The topological polar surface area (TPSA) is 45.2 Å². The van der Waals surface area contributed by atoms with E-state index >= 15 is 0 Å². The number of halogens is 1. The van der Waals surface area contributed by atoms with Crippen LogP contribution in [0.5, 0.6) is 0 Å². The average Bonchev–Trinajstić information content (AvgIpc) is 2.53. The van der Waals surface area contributed by atoms with Gasteiger partial charge >= 0.3 is 0 Å². The number of nitrogens with zero attached hydrogens (tertiary/aromatic N) is 2. The summed E-state index contributed by atoms with van der Waals surface area (Å²) < 4.78 is 0.973. The van der Waals surface area contributed by atoms with Crippen molar-refractivity contribution in [3.05, 3.63) is 52.6 Å². The fourth-order valence-corrected chi connectivity index (χ4v) is 2.68. The van der Waals surface area contributed by atoms with Crippen LogP contribution in [-0.4, -0.2) is 24.5 Å². The van der Waals surface area contributed by atoms with Gasteiger partial charge in [0.2, 0.25) is 5.91 Å². The largest absolute Gasteiger partial charge is 0.373 e. The minimum absolute atomic E-state index is 0.0670. The van der Waals surface area contributed by atoms with Crippen LogP contribution in [0.25, 0.3) is 0 Å². The van der Waals surface area contributed by atoms with Gasteiger partial charge in [-0.25, -0.2) is 4.98 Å². The van der Waals surface area contributed by atoms with E-state index in [9.17, 15) is 4.79 Å². The fourth-order valence-electron chi connectivity index (χ4n) is 2.23. The summed E-state index contributed by atoms with van der Waals surface area (Å²) in [4.78, 5) is 18.6. The van der Waals surface area contributed by atoms with Crippen LogP contribution in [0.4, 0.5) is 11.5 Å². The van der Waals surface area contributed by atoms with E-state index in [1.807, 2.05) is 36.4 Å². The van der Waals surface area contributed by atoms with Gasteiger partial charge in [0.25, 0.3) is 0 Å². The Hall–Kier alpha value is -1.88. The van der Waals surface area contributed by atoms with Crippen molar-refractivity contribution >= 4 is 33.3 Å². The number of hydrogen-bond donors (Lipinski definition) is 1. The molecular formula is C18H22BrN3O. The standard InChI is InChI=1S/C18H22BrN3O/c1-3-4-10-22(2)16-8-9-17(20-13-16)21-18(23)12-14-6-5-7-15(19)11-14/h5-9,11,13H,3-4,10,12H2,1-2H3,(H,20,21,23). The van der Waals surface area contributed by atoms with Gasteiger partial charge in [-0.3, -0.25) is 4.79 Å². The third-order valence-electron chi connectivity index (χ3n) is 3.56. The molecule has 2 rings (SSSR count). The Kier molecular flexibility index (Phi) is 6.59. The van der Waals surface area contributed by atoms with E-state index in [0.717, 1.165) is 28.7 Å². The van der Waals surface area contributed by atoms with Crippen molar-refractivity contribution in [2.24, 2.45) is 0 Å². The number of anilines is 2. The summed E-state index contributed by atoms with van der Waals surface area (Å²) in [6.07, 6.45) is 4.45. The molecule has 1 N–H and O–H groups in total. The Labute approximate surface area is 146 Å². The molecule has 0 unspecified atom stereocenters. The molecule has 0 aliphatic carbocycles. The number of carbonyl (C=O) groups excluding carboxylic acids is 1. The van der Waals surface area contributed by atoms with Crippen LogP contribution in [0.1, 0.15) is 25.3 Å². The van der Waals surface area contributed by atoms with Crippen molar-refractivity contribution in [1.82, 2.24) is 4.98 Å². The molecule has 0 radical (unpaired) electrons. The van der Waals surface area contributed by atoms with E-state index < -0.39 is 0 Å². The second-order valence-electron chi connectivity index (χ2n) is 5.53. The molecule has 0 atom stereocenters. The first-order chi connectivity index (χ1) is 11.1. The summed E-state index contributed by atoms with van der Waals surface area (Å²) in [7, 11) is 2.05. The van der Waals surface area contributed by atoms with Crippen molar-refractivity contribution in [3.8, 4) is 0 Å². The summed E-state index contributed by atoms with van der Waals surface area (Å²) in [5, 5.41) is 2.84. The number of unbranched alkanes of at least 4 members (excludes halogenated alkanes) is 1.